The van der Waals surface area contributed by atoms with Gasteiger partial charge < -0.3 is 14.4 Å². The van der Waals surface area contributed by atoms with E-state index < -0.39 is 41.6 Å². The minimum absolute atomic E-state index is 0.0949. The Hall–Kier alpha value is -3.42. The summed E-state index contributed by atoms with van der Waals surface area (Å²) in [6.45, 7) is 5.75. The van der Waals surface area contributed by atoms with E-state index in [9.17, 15) is 18.8 Å². The number of halogens is 1. The lowest BCUT2D eigenvalue weighted by molar-refractivity contribution is -0.133. The maximum Gasteiger partial charge on any atom is 0.416 e. The highest BCUT2D eigenvalue weighted by molar-refractivity contribution is 5.96. The molecule has 8 heteroatoms. The number of ether oxygens (including phenoxy) is 2. The average Bonchev–Trinajstić information content (AvgIpc) is 3.38. The van der Waals surface area contributed by atoms with Gasteiger partial charge in [-0.3, -0.25) is 4.79 Å². The van der Waals surface area contributed by atoms with Crippen molar-refractivity contribution in [2.45, 2.75) is 44.8 Å². The molecule has 2 aliphatic heterocycles. The van der Waals surface area contributed by atoms with Gasteiger partial charge in [-0.1, -0.05) is 42.5 Å². The maximum absolute atomic E-state index is 13.7. The van der Waals surface area contributed by atoms with E-state index in [1.807, 2.05) is 30.3 Å². The molecule has 0 unspecified atom stereocenters. The summed E-state index contributed by atoms with van der Waals surface area (Å²) in [5.74, 6) is -1.89. The van der Waals surface area contributed by atoms with Crippen molar-refractivity contribution in [2.24, 2.45) is 5.92 Å². The summed E-state index contributed by atoms with van der Waals surface area (Å²) < 4.78 is 24.3. The van der Waals surface area contributed by atoms with Gasteiger partial charge in [0.1, 0.15) is 18.0 Å². The van der Waals surface area contributed by atoms with Crippen LogP contribution in [0.1, 0.15) is 37.8 Å². The third-order valence-electron chi connectivity index (χ3n) is 6.10. The van der Waals surface area contributed by atoms with Crippen molar-refractivity contribution in [3.63, 3.8) is 0 Å². The van der Waals surface area contributed by atoms with Crippen LogP contribution < -0.4 is 0 Å². The molecule has 2 fully saturated rings. The Labute approximate surface area is 198 Å². The maximum atomic E-state index is 13.7. The summed E-state index contributed by atoms with van der Waals surface area (Å²) in [6, 6.07) is 15.0. The SMILES string of the molecule is CC(C)(C)OC(=O)N1C[C@@H](C(=O)N2C(=O)OC[C@H]2Cc2ccccc2)[C@H](c2ccc(F)cc2)C1. The van der Waals surface area contributed by atoms with Crippen LogP contribution in [0.2, 0.25) is 0 Å². The molecule has 34 heavy (non-hydrogen) atoms. The number of benzene rings is 2. The van der Waals surface area contributed by atoms with E-state index in [4.69, 9.17) is 9.47 Å². The van der Waals surface area contributed by atoms with Crippen LogP contribution in [0.25, 0.3) is 0 Å². The van der Waals surface area contributed by atoms with Gasteiger partial charge in [0.2, 0.25) is 5.91 Å². The molecule has 0 aliphatic carbocycles. The zero-order chi connectivity index (χ0) is 24.5. The molecule has 7 nitrogen and oxygen atoms in total. The third kappa shape index (κ3) is 5.21. The Bertz CT molecular complexity index is 1050. The lowest BCUT2D eigenvalue weighted by Gasteiger charge is -2.26. The van der Waals surface area contributed by atoms with E-state index in [0.717, 1.165) is 11.1 Å². The number of likely N-dealkylation sites (tertiary alicyclic amines) is 1. The van der Waals surface area contributed by atoms with Crippen LogP contribution in [0.15, 0.2) is 54.6 Å². The lowest BCUT2D eigenvalue weighted by atomic mass is 9.87. The number of hydrogen-bond donors (Lipinski definition) is 0. The van der Waals surface area contributed by atoms with Crippen molar-refractivity contribution in [3.8, 4) is 0 Å². The summed E-state index contributed by atoms with van der Waals surface area (Å²) in [6.07, 6.45) is -0.735. The van der Waals surface area contributed by atoms with Crippen molar-refractivity contribution in [3.05, 3.63) is 71.5 Å². The quantitative estimate of drug-likeness (QED) is 0.666. The third-order valence-corrected chi connectivity index (χ3v) is 6.10. The lowest BCUT2D eigenvalue weighted by Crippen LogP contribution is -2.45. The smallest absolute Gasteiger partial charge is 0.416 e. The molecule has 0 aromatic heterocycles. The monoisotopic (exact) mass is 468 g/mol. The fourth-order valence-corrected chi connectivity index (χ4v) is 4.52. The van der Waals surface area contributed by atoms with Gasteiger partial charge in [0.05, 0.1) is 12.0 Å². The first-order chi connectivity index (χ1) is 16.1. The largest absolute Gasteiger partial charge is 0.447 e. The first kappa shape index (κ1) is 23.7. The molecular formula is C26H29FN2O5. The van der Waals surface area contributed by atoms with Crippen LogP contribution in [0.5, 0.6) is 0 Å². The molecule has 3 amide bonds. The molecule has 0 radical (unpaired) electrons. The van der Waals surface area contributed by atoms with Crippen molar-refractivity contribution in [2.75, 3.05) is 19.7 Å². The van der Waals surface area contributed by atoms with Gasteiger partial charge in [-0.05, 0) is 50.5 Å². The van der Waals surface area contributed by atoms with E-state index in [1.54, 1.807) is 32.9 Å². The molecule has 0 bridgehead atoms. The van der Waals surface area contributed by atoms with Gasteiger partial charge in [0, 0.05) is 19.0 Å². The second-order valence-electron chi connectivity index (χ2n) is 9.78. The van der Waals surface area contributed by atoms with Gasteiger partial charge in [0.15, 0.2) is 0 Å². The Morgan fingerprint density at radius 3 is 2.38 bits per heavy atom. The molecule has 4 rings (SSSR count). The highest BCUT2D eigenvalue weighted by Gasteiger charge is 2.48. The molecule has 0 saturated carbocycles. The molecule has 180 valence electrons. The first-order valence-electron chi connectivity index (χ1n) is 11.4. The molecule has 2 aliphatic rings. The number of rotatable bonds is 4. The molecule has 2 heterocycles. The Morgan fingerprint density at radius 1 is 1.06 bits per heavy atom. The summed E-state index contributed by atoms with van der Waals surface area (Å²) in [5.41, 5.74) is 1.02. The normalized spacial score (nSPS) is 22.6. The molecule has 0 spiro atoms. The number of carbonyl (C=O) groups excluding carboxylic acids is 3. The fourth-order valence-electron chi connectivity index (χ4n) is 4.52. The van der Waals surface area contributed by atoms with E-state index in [0.29, 0.717) is 6.42 Å². The van der Waals surface area contributed by atoms with E-state index in [2.05, 4.69) is 0 Å². The van der Waals surface area contributed by atoms with E-state index >= 15 is 0 Å². The zero-order valence-corrected chi connectivity index (χ0v) is 19.6. The Kier molecular flexibility index (Phi) is 6.59. The van der Waals surface area contributed by atoms with Crippen LogP contribution in [-0.4, -0.2) is 59.2 Å². The van der Waals surface area contributed by atoms with Gasteiger partial charge in [-0.25, -0.2) is 18.9 Å². The Balaban J connectivity index is 1.60. The topological polar surface area (TPSA) is 76.2 Å². The van der Waals surface area contributed by atoms with Crippen molar-refractivity contribution in [1.29, 1.82) is 0 Å². The second-order valence-corrected chi connectivity index (χ2v) is 9.78. The predicted molar refractivity (Wildman–Crippen MR) is 123 cm³/mol. The van der Waals surface area contributed by atoms with Gasteiger partial charge in [-0.15, -0.1) is 0 Å². The van der Waals surface area contributed by atoms with Crippen LogP contribution in [0, 0.1) is 11.7 Å². The molecule has 2 aromatic rings. The summed E-state index contributed by atoms with van der Waals surface area (Å²) in [4.78, 5) is 41.8. The highest BCUT2D eigenvalue weighted by Crippen LogP contribution is 2.36. The number of cyclic esters (lactones) is 1. The highest BCUT2D eigenvalue weighted by atomic mass is 19.1. The van der Waals surface area contributed by atoms with Crippen molar-refractivity contribution in [1.82, 2.24) is 9.80 Å². The number of amides is 3. The number of carbonyl (C=O) groups is 3. The first-order valence-corrected chi connectivity index (χ1v) is 11.4. The van der Waals surface area contributed by atoms with E-state index in [-0.39, 0.29) is 25.5 Å². The van der Waals surface area contributed by atoms with Gasteiger partial charge >= 0.3 is 12.2 Å². The van der Waals surface area contributed by atoms with Gasteiger partial charge in [-0.2, -0.15) is 0 Å². The van der Waals surface area contributed by atoms with E-state index in [1.165, 1.54) is 21.9 Å². The number of nitrogens with zero attached hydrogens (tertiary/aromatic N) is 2. The summed E-state index contributed by atoms with van der Waals surface area (Å²) in [7, 11) is 0. The standard InChI is InChI=1S/C26H29FN2O5/c1-26(2,3)34-24(31)28-14-21(18-9-11-19(27)12-10-18)22(15-28)23(30)29-20(16-33-25(29)32)13-17-7-5-4-6-8-17/h4-12,20-22H,13-16H2,1-3H3/t20-,21+,22-/m1/s1. The minimum Gasteiger partial charge on any atom is -0.447 e. The van der Waals surface area contributed by atoms with Crippen LogP contribution in [-0.2, 0) is 20.7 Å². The van der Waals surface area contributed by atoms with Crippen LogP contribution in [0.3, 0.4) is 0 Å². The molecule has 0 N–H and O–H groups in total. The molecule has 2 saturated heterocycles. The van der Waals surface area contributed by atoms with Crippen molar-refractivity contribution >= 4 is 18.1 Å². The van der Waals surface area contributed by atoms with Gasteiger partial charge in [0.25, 0.3) is 0 Å². The predicted octanol–water partition coefficient (Wildman–Crippen LogP) is 4.37. The van der Waals surface area contributed by atoms with Crippen LogP contribution in [0.4, 0.5) is 14.0 Å². The zero-order valence-electron chi connectivity index (χ0n) is 19.6. The number of hydrogen-bond acceptors (Lipinski definition) is 5. The fraction of sp³-hybridized carbons (Fsp3) is 0.423. The second kappa shape index (κ2) is 9.44. The summed E-state index contributed by atoms with van der Waals surface area (Å²) in [5, 5.41) is 0. The number of imide groups is 1. The summed E-state index contributed by atoms with van der Waals surface area (Å²) >= 11 is 0. The molecule has 3 atom stereocenters. The van der Waals surface area contributed by atoms with Crippen LogP contribution >= 0.6 is 0 Å². The minimum atomic E-state index is -0.693. The molecular weight excluding hydrogens is 439 g/mol. The van der Waals surface area contributed by atoms with Crippen molar-refractivity contribution < 1.29 is 28.2 Å². The average molecular weight is 469 g/mol. The molecule has 2 aromatic carbocycles. The Morgan fingerprint density at radius 2 is 1.74 bits per heavy atom.